The van der Waals surface area contributed by atoms with E-state index in [1.165, 1.54) is 18.5 Å². The number of nitrogens with one attached hydrogen (secondary N) is 3. The summed E-state index contributed by atoms with van der Waals surface area (Å²) in [6.45, 7) is 3.31. The van der Waals surface area contributed by atoms with Gasteiger partial charge in [0.15, 0.2) is 0 Å². The number of alkyl halides is 6. The molecule has 0 unspecified atom stereocenters. The molecule has 48 heavy (non-hydrogen) atoms. The number of nitrogens with zero attached hydrogens (tertiary/aromatic N) is 8. The molecule has 1 aliphatic heterocycles. The predicted octanol–water partition coefficient (Wildman–Crippen LogP) is 6.27. The molecule has 0 aliphatic carbocycles. The molecule has 12 nitrogen and oxygen atoms in total. The number of aromatic nitrogens is 9. The Labute approximate surface area is 267 Å². The highest BCUT2D eigenvalue weighted by molar-refractivity contribution is 6.02. The van der Waals surface area contributed by atoms with E-state index in [2.05, 4.69) is 50.8 Å². The molecule has 0 saturated carbocycles. The van der Waals surface area contributed by atoms with Gasteiger partial charge in [0.2, 0.25) is 0 Å². The van der Waals surface area contributed by atoms with Crippen LogP contribution in [0.4, 0.5) is 38.0 Å². The molecule has 6 aromatic heterocycles. The lowest BCUT2D eigenvalue weighted by Crippen LogP contribution is -2.28. The Balaban J connectivity index is 1.44. The lowest BCUT2D eigenvalue weighted by Gasteiger charge is -2.24. The maximum atomic E-state index is 14.9. The van der Waals surface area contributed by atoms with Gasteiger partial charge in [-0.15, -0.1) is 0 Å². The van der Waals surface area contributed by atoms with Crippen LogP contribution in [0.1, 0.15) is 31.0 Å². The number of aromatic amines is 1. The van der Waals surface area contributed by atoms with Crippen molar-refractivity contribution in [2.24, 2.45) is 0 Å². The minimum Gasteiger partial charge on any atom is -0.381 e. The van der Waals surface area contributed by atoms with Crippen LogP contribution in [0.5, 0.6) is 0 Å². The van der Waals surface area contributed by atoms with Crippen LogP contribution in [-0.2, 0) is 17.1 Å². The summed E-state index contributed by atoms with van der Waals surface area (Å²) in [7, 11) is 0. The van der Waals surface area contributed by atoms with Gasteiger partial charge in [0.25, 0.3) is 0 Å². The molecular formula is C30H25F6N11O. The van der Waals surface area contributed by atoms with E-state index < -0.39 is 29.3 Å². The Kier molecular flexibility index (Phi) is 7.81. The average molecular weight is 670 g/mol. The number of hydrogen-bond donors (Lipinski definition) is 3. The summed E-state index contributed by atoms with van der Waals surface area (Å²) in [5, 5.41) is 18.5. The Morgan fingerprint density at radius 1 is 0.875 bits per heavy atom. The molecule has 1 fully saturated rings. The van der Waals surface area contributed by atoms with Gasteiger partial charge in [-0.05, 0) is 44.0 Å². The number of anilines is 2. The number of H-pyrrole nitrogens is 1. The molecule has 0 spiro atoms. The highest BCUT2D eigenvalue weighted by atomic mass is 19.4. The monoisotopic (exact) mass is 669 g/mol. The number of rotatable bonds is 7. The van der Waals surface area contributed by atoms with E-state index in [1.807, 2.05) is 6.92 Å². The van der Waals surface area contributed by atoms with Crippen molar-refractivity contribution < 1.29 is 31.1 Å². The van der Waals surface area contributed by atoms with Crippen molar-refractivity contribution in [3.05, 3.63) is 60.4 Å². The molecule has 0 atom stereocenters. The van der Waals surface area contributed by atoms with Gasteiger partial charge >= 0.3 is 12.4 Å². The minimum atomic E-state index is -4.91. The number of hydrogen-bond acceptors (Lipinski definition) is 10. The first kappa shape index (κ1) is 31.2. The molecule has 1 aliphatic rings. The lowest BCUT2D eigenvalue weighted by atomic mass is 10.1. The maximum absolute atomic E-state index is 14.9. The lowest BCUT2D eigenvalue weighted by molar-refractivity contribution is -0.141. The van der Waals surface area contributed by atoms with Crippen LogP contribution < -0.4 is 10.6 Å². The van der Waals surface area contributed by atoms with E-state index in [4.69, 9.17) is 4.74 Å². The second-order valence-electron chi connectivity index (χ2n) is 10.9. The van der Waals surface area contributed by atoms with Crippen LogP contribution in [-0.4, -0.2) is 70.7 Å². The van der Waals surface area contributed by atoms with Crippen LogP contribution in [0.3, 0.4) is 0 Å². The summed E-state index contributed by atoms with van der Waals surface area (Å²) in [5.41, 5.74) is -2.48. The number of halogens is 6. The van der Waals surface area contributed by atoms with Gasteiger partial charge in [-0.1, -0.05) is 0 Å². The SMILES string of the molecule is CCNc1nccc2[nH]nc(-c3cc(C(F)(F)F)c(-n4nc(-c5cc(C(F)(F)F)ncn5)c5c(NC6CCOCC6)nccc54)cn3)c12. The standard InChI is InChI=1S/C30H25F6N11O/c1-2-37-27-23-17(3-7-38-27)44-45-25(23)18-11-16(29(31,32)33)21(13-40-18)47-20-4-8-39-28(43-15-5-9-48-10-6-15)24(20)26(46-47)19-12-22(30(34,35)36)42-14-41-19/h3-4,7-8,11-15H,2,5-6,9-10H2,1H3,(H,37,38)(H,39,43)(H,44,45). The Morgan fingerprint density at radius 3 is 2.38 bits per heavy atom. The van der Waals surface area contributed by atoms with E-state index >= 15 is 0 Å². The predicted molar refractivity (Wildman–Crippen MR) is 162 cm³/mol. The molecule has 18 heteroatoms. The zero-order valence-corrected chi connectivity index (χ0v) is 25.0. The third-order valence-electron chi connectivity index (χ3n) is 7.84. The summed E-state index contributed by atoms with van der Waals surface area (Å²) in [5.74, 6) is 0.637. The molecule has 7 heterocycles. The summed E-state index contributed by atoms with van der Waals surface area (Å²) in [6.07, 6.45) is -3.83. The molecule has 0 aromatic carbocycles. The van der Waals surface area contributed by atoms with Crippen molar-refractivity contribution in [1.82, 2.24) is 44.9 Å². The van der Waals surface area contributed by atoms with E-state index in [0.717, 1.165) is 23.3 Å². The highest BCUT2D eigenvalue weighted by Gasteiger charge is 2.37. The molecule has 6 aromatic rings. The third kappa shape index (κ3) is 5.71. The smallest absolute Gasteiger partial charge is 0.381 e. The fourth-order valence-corrected chi connectivity index (χ4v) is 5.64. The van der Waals surface area contributed by atoms with Gasteiger partial charge in [-0.2, -0.15) is 36.5 Å². The molecule has 0 bridgehead atoms. The van der Waals surface area contributed by atoms with E-state index in [0.29, 0.717) is 55.4 Å². The van der Waals surface area contributed by atoms with Crippen molar-refractivity contribution in [3.8, 4) is 28.5 Å². The molecule has 3 N–H and O–H groups in total. The van der Waals surface area contributed by atoms with Crippen LogP contribution in [0.15, 0.2) is 49.2 Å². The molecule has 7 rings (SSSR count). The fourth-order valence-electron chi connectivity index (χ4n) is 5.64. The third-order valence-corrected chi connectivity index (χ3v) is 7.84. The number of ether oxygens (including phenoxy) is 1. The first-order chi connectivity index (χ1) is 23.0. The van der Waals surface area contributed by atoms with Crippen molar-refractivity contribution >= 4 is 33.4 Å². The largest absolute Gasteiger partial charge is 0.433 e. The van der Waals surface area contributed by atoms with Gasteiger partial charge < -0.3 is 15.4 Å². The summed E-state index contributed by atoms with van der Waals surface area (Å²) >= 11 is 0. The van der Waals surface area contributed by atoms with Crippen molar-refractivity contribution in [2.75, 3.05) is 30.4 Å². The second-order valence-corrected chi connectivity index (χ2v) is 10.9. The van der Waals surface area contributed by atoms with Gasteiger partial charge in [-0.3, -0.25) is 10.1 Å². The minimum absolute atomic E-state index is 0.0877. The zero-order valence-electron chi connectivity index (χ0n) is 25.0. The second kappa shape index (κ2) is 12.0. The zero-order chi connectivity index (χ0) is 33.6. The molecule has 1 saturated heterocycles. The van der Waals surface area contributed by atoms with E-state index in [-0.39, 0.29) is 45.5 Å². The Morgan fingerprint density at radius 2 is 1.62 bits per heavy atom. The topological polar surface area (TPSA) is 144 Å². The summed E-state index contributed by atoms with van der Waals surface area (Å²) in [4.78, 5) is 20.4. The highest BCUT2D eigenvalue weighted by Crippen LogP contribution is 2.41. The van der Waals surface area contributed by atoms with Crippen molar-refractivity contribution in [1.29, 1.82) is 0 Å². The Bertz CT molecular complexity index is 2120. The van der Waals surface area contributed by atoms with Crippen LogP contribution in [0.2, 0.25) is 0 Å². The normalized spacial score (nSPS) is 14.6. The summed E-state index contributed by atoms with van der Waals surface area (Å²) in [6, 6.07) is 4.51. The van der Waals surface area contributed by atoms with Gasteiger partial charge in [-0.25, -0.2) is 24.6 Å². The van der Waals surface area contributed by atoms with Crippen LogP contribution >= 0.6 is 0 Å². The van der Waals surface area contributed by atoms with Gasteiger partial charge in [0, 0.05) is 38.2 Å². The average Bonchev–Trinajstić information content (AvgIpc) is 3.68. The first-order valence-electron chi connectivity index (χ1n) is 14.8. The van der Waals surface area contributed by atoms with Gasteiger partial charge in [0.1, 0.15) is 35.0 Å². The Hall–Kier alpha value is -5.39. The van der Waals surface area contributed by atoms with E-state index in [1.54, 1.807) is 6.07 Å². The van der Waals surface area contributed by atoms with Crippen molar-refractivity contribution in [3.63, 3.8) is 0 Å². The summed E-state index contributed by atoms with van der Waals surface area (Å²) < 4.78 is 92.0. The van der Waals surface area contributed by atoms with Gasteiger partial charge in [0.05, 0.1) is 50.6 Å². The molecule has 0 radical (unpaired) electrons. The number of pyridine rings is 3. The fraction of sp³-hybridized carbons (Fsp3) is 0.300. The van der Waals surface area contributed by atoms with Crippen LogP contribution in [0, 0.1) is 0 Å². The molecule has 0 amide bonds. The quantitative estimate of drug-likeness (QED) is 0.166. The number of fused-ring (bicyclic) bond motifs is 2. The van der Waals surface area contributed by atoms with Crippen LogP contribution in [0.25, 0.3) is 50.3 Å². The first-order valence-corrected chi connectivity index (χ1v) is 14.8. The maximum Gasteiger partial charge on any atom is 0.433 e. The van der Waals surface area contributed by atoms with E-state index in [9.17, 15) is 26.3 Å². The molecule has 248 valence electrons. The molecular weight excluding hydrogens is 644 g/mol. The van der Waals surface area contributed by atoms with Crippen molar-refractivity contribution in [2.45, 2.75) is 38.2 Å².